The molecule has 1 atom stereocenters. The molecule has 1 aromatic rings. The van der Waals surface area contributed by atoms with Gasteiger partial charge in [-0.05, 0) is 25.0 Å². The van der Waals surface area contributed by atoms with Crippen molar-refractivity contribution in [2.75, 3.05) is 13.2 Å². The van der Waals surface area contributed by atoms with Crippen LogP contribution in [0.25, 0.3) is 0 Å². The van der Waals surface area contributed by atoms with Gasteiger partial charge in [-0.3, -0.25) is 0 Å². The minimum atomic E-state index is -4.26. The van der Waals surface area contributed by atoms with Crippen LogP contribution in [-0.4, -0.2) is 48.1 Å². The summed E-state index contributed by atoms with van der Waals surface area (Å²) < 4.78 is 40.1. The Kier molecular flexibility index (Phi) is 4.52. The van der Waals surface area contributed by atoms with Gasteiger partial charge in [0, 0.05) is 17.6 Å². The molecule has 2 N–H and O–H groups in total. The van der Waals surface area contributed by atoms with Crippen molar-refractivity contribution in [2.24, 2.45) is 0 Å². The Bertz CT molecular complexity index is 678. The van der Waals surface area contributed by atoms with E-state index in [1.54, 1.807) is 0 Å². The van der Waals surface area contributed by atoms with Crippen molar-refractivity contribution in [2.45, 2.75) is 23.8 Å². The predicted octanol–water partition coefficient (Wildman–Crippen LogP) is 1.32. The van der Waals surface area contributed by atoms with Gasteiger partial charge in [0.05, 0.1) is 12.2 Å². The molecule has 0 saturated carbocycles. The normalized spacial score (nSPS) is 19.9. The third-order valence-electron chi connectivity index (χ3n) is 3.35. The molecule has 0 bridgehead atoms. The van der Waals surface area contributed by atoms with Gasteiger partial charge in [0.15, 0.2) is 5.82 Å². The lowest BCUT2D eigenvalue weighted by Crippen LogP contribution is -2.38. The van der Waals surface area contributed by atoms with Crippen molar-refractivity contribution in [1.82, 2.24) is 4.31 Å². The summed E-state index contributed by atoms with van der Waals surface area (Å²) in [5.74, 6) is -2.96. The Balaban J connectivity index is 2.57. The fourth-order valence-electron chi connectivity index (χ4n) is 2.34. The molecular weight excluding hydrogens is 325 g/mol. The van der Waals surface area contributed by atoms with E-state index in [0.29, 0.717) is 12.8 Å². The molecule has 21 heavy (non-hydrogen) atoms. The van der Waals surface area contributed by atoms with Crippen LogP contribution in [0.1, 0.15) is 23.2 Å². The molecular formula is C12H13ClFNO5S. The number of aromatic carboxylic acids is 1. The molecule has 6 nitrogen and oxygen atoms in total. The van der Waals surface area contributed by atoms with Crippen molar-refractivity contribution >= 4 is 27.6 Å². The van der Waals surface area contributed by atoms with Crippen LogP contribution in [0.5, 0.6) is 0 Å². The van der Waals surface area contributed by atoms with Gasteiger partial charge in [0.2, 0.25) is 10.0 Å². The van der Waals surface area contributed by atoms with Gasteiger partial charge in [-0.15, -0.1) is 0 Å². The Morgan fingerprint density at radius 1 is 1.48 bits per heavy atom. The van der Waals surface area contributed by atoms with Gasteiger partial charge < -0.3 is 10.2 Å². The van der Waals surface area contributed by atoms with Crippen molar-refractivity contribution in [3.8, 4) is 0 Å². The molecule has 1 aliphatic heterocycles. The molecule has 2 rings (SSSR count). The maximum absolute atomic E-state index is 14.2. The van der Waals surface area contributed by atoms with E-state index in [9.17, 15) is 22.7 Å². The smallest absolute Gasteiger partial charge is 0.338 e. The molecule has 0 unspecified atom stereocenters. The molecule has 9 heteroatoms. The molecule has 1 fully saturated rings. The van der Waals surface area contributed by atoms with Crippen molar-refractivity contribution < 1.29 is 27.8 Å². The molecule has 116 valence electrons. The summed E-state index contributed by atoms with van der Waals surface area (Å²) in [6.07, 6.45) is 1.00. The number of aliphatic hydroxyl groups excluding tert-OH is 1. The van der Waals surface area contributed by atoms with Gasteiger partial charge in [-0.2, -0.15) is 4.31 Å². The number of halogens is 2. The summed E-state index contributed by atoms with van der Waals surface area (Å²) in [7, 11) is -4.26. The number of aliphatic hydroxyl groups is 1. The zero-order valence-corrected chi connectivity index (χ0v) is 12.4. The number of hydrogen-bond donors (Lipinski definition) is 2. The number of carboxylic acids is 1. The summed E-state index contributed by atoms with van der Waals surface area (Å²) in [4.78, 5) is 10.2. The number of hydrogen-bond acceptors (Lipinski definition) is 4. The van der Waals surface area contributed by atoms with Crippen LogP contribution in [0.4, 0.5) is 4.39 Å². The van der Waals surface area contributed by atoms with Crippen LogP contribution < -0.4 is 0 Å². The molecule has 0 aliphatic carbocycles. The number of nitrogens with zero attached hydrogens (tertiary/aromatic N) is 1. The van der Waals surface area contributed by atoms with Gasteiger partial charge in [0.1, 0.15) is 4.90 Å². The largest absolute Gasteiger partial charge is 0.478 e. The lowest BCUT2D eigenvalue weighted by atomic mass is 10.2. The molecule has 1 saturated heterocycles. The molecule has 1 aliphatic rings. The van der Waals surface area contributed by atoms with Crippen LogP contribution >= 0.6 is 11.6 Å². The Hall–Kier alpha value is -1.22. The van der Waals surface area contributed by atoms with Crippen LogP contribution in [0.2, 0.25) is 5.02 Å². The van der Waals surface area contributed by atoms with E-state index in [-0.39, 0.29) is 18.2 Å². The molecule has 0 spiro atoms. The number of carbonyl (C=O) groups is 1. The van der Waals surface area contributed by atoms with Gasteiger partial charge >= 0.3 is 5.97 Å². The van der Waals surface area contributed by atoms with Crippen LogP contribution in [0, 0.1) is 5.82 Å². The van der Waals surface area contributed by atoms with E-state index in [1.165, 1.54) is 0 Å². The third kappa shape index (κ3) is 2.89. The van der Waals surface area contributed by atoms with Crippen LogP contribution in [0.3, 0.4) is 0 Å². The molecule has 0 aromatic heterocycles. The third-order valence-corrected chi connectivity index (χ3v) is 5.52. The monoisotopic (exact) mass is 337 g/mol. The highest BCUT2D eigenvalue weighted by atomic mass is 35.5. The summed E-state index contributed by atoms with van der Waals surface area (Å²) in [5, 5.41) is 17.9. The second-order valence-corrected chi connectivity index (χ2v) is 6.96. The Morgan fingerprint density at radius 3 is 2.71 bits per heavy atom. The van der Waals surface area contributed by atoms with E-state index in [1.807, 2.05) is 0 Å². The van der Waals surface area contributed by atoms with Gasteiger partial charge in [-0.1, -0.05) is 11.6 Å². The topological polar surface area (TPSA) is 94.9 Å². The van der Waals surface area contributed by atoms with Gasteiger partial charge in [0.25, 0.3) is 0 Å². The second-order valence-electron chi connectivity index (χ2n) is 4.67. The van der Waals surface area contributed by atoms with E-state index in [0.717, 1.165) is 16.4 Å². The average Bonchev–Trinajstić information content (AvgIpc) is 2.89. The maximum Gasteiger partial charge on any atom is 0.338 e. The quantitative estimate of drug-likeness (QED) is 0.864. The number of rotatable bonds is 4. The fraction of sp³-hybridized carbons (Fsp3) is 0.417. The molecule has 0 amide bonds. The fourth-order valence-corrected chi connectivity index (χ4v) is 4.42. The highest BCUT2D eigenvalue weighted by Crippen LogP contribution is 2.30. The number of benzene rings is 1. The summed E-state index contributed by atoms with van der Waals surface area (Å²) in [5.41, 5.74) is -0.805. The van der Waals surface area contributed by atoms with E-state index in [2.05, 4.69) is 0 Å². The zero-order valence-electron chi connectivity index (χ0n) is 10.8. The standard InChI is InChI=1S/C12H13ClFNO5S/c13-7-4-9(12(17)18)11(14)10(5-7)21(19,20)15-3-1-2-8(15)6-16/h4-5,8,16H,1-3,6H2,(H,17,18)/t8-/m0/s1. The zero-order chi connectivity index (χ0) is 15.8. The summed E-state index contributed by atoms with van der Waals surface area (Å²) in [6.45, 7) is -0.241. The predicted molar refractivity (Wildman–Crippen MR) is 72.4 cm³/mol. The maximum atomic E-state index is 14.2. The molecule has 0 radical (unpaired) electrons. The lowest BCUT2D eigenvalue weighted by molar-refractivity contribution is 0.0691. The first-order valence-electron chi connectivity index (χ1n) is 6.14. The van der Waals surface area contributed by atoms with E-state index >= 15 is 0 Å². The highest BCUT2D eigenvalue weighted by molar-refractivity contribution is 7.89. The first-order valence-corrected chi connectivity index (χ1v) is 7.96. The van der Waals surface area contributed by atoms with Crippen LogP contribution in [0.15, 0.2) is 17.0 Å². The average molecular weight is 338 g/mol. The summed E-state index contributed by atoms with van der Waals surface area (Å²) in [6, 6.07) is 1.10. The molecule has 1 aromatic carbocycles. The van der Waals surface area contributed by atoms with Crippen molar-refractivity contribution in [3.63, 3.8) is 0 Å². The molecule has 1 heterocycles. The number of carboxylic acid groups (broad SMARTS) is 1. The first-order chi connectivity index (χ1) is 9.78. The Labute approximate surface area is 125 Å². The minimum absolute atomic E-state index is 0.141. The summed E-state index contributed by atoms with van der Waals surface area (Å²) >= 11 is 5.69. The number of sulfonamides is 1. The Morgan fingerprint density at radius 2 is 2.14 bits per heavy atom. The van der Waals surface area contributed by atoms with Gasteiger partial charge in [-0.25, -0.2) is 17.6 Å². The lowest BCUT2D eigenvalue weighted by Gasteiger charge is -2.23. The first kappa shape index (κ1) is 16.2. The minimum Gasteiger partial charge on any atom is -0.478 e. The van der Waals surface area contributed by atoms with Crippen molar-refractivity contribution in [3.05, 3.63) is 28.5 Å². The highest BCUT2D eigenvalue weighted by Gasteiger charge is 2.37. The van der Waals surface area contributed by atoms with E-state index in [4.69, 9.17) is 16.7 Å². The van der Waals surface area contributed by atoms with Crippen LogP contribution in [-0.2, 0) is 10.0 Å². The van der Waals surface area contributed by atoms with Crippen molar-refractivity contribution in [1.29, 1.82) is 0 Å². The van der Waals surface area contributed by atoms with E-state index < -0.39 is 38.3 Å². The second kappa shape index (κ2) is 5.88. The SMILES string of the molecule is O=C(O)c1cc(Cl)cc(S(=O)(=O)N2CCC[C@H]2CO)c1F.